The molecule has 3 fully saturated rings. The molecule has 1 aliphatic carbocycles. The minimum Gasteiger partial charge on any atom is -0.368 e. The predicted molar refractivity (Wildman–Crippen MR) is 79.9 cm³/mol. The standard InChI is InChI=1S/C17H27NO3/c19-15-9-2-1-7-13(15)14-8-3-5-11-18(14)17(20)16-10-4-6-12-21-16/h13-14,16H,1-12H2. The highest BCUT2D eigenvalue weighted by molar-refractivity contribution is 5.85. The summed E-state index contributed by atoms with van der Waals surface area (Å²) < 4.78 is 5.68. The van der Waals surface area contributed by atoms with Crippen molar-refractivity contribution < 1.29 is 14.3 Å². The monoisotopic (exact) mass is 293 g/mol. The van der Waals surface area contributed by atoms with E-state index in [0.29, 0.717) is 18.8 Å². The van der Waals surface area contributed by atoms with Gasteiger partial charge in [-0.2, -0.15) is 0 Å². The molecule has 0 aromatic heterocycles. The van der Waals surface area contributed by atoms with Gasteiger partial charge in [-0.1, -0.05) is 6.42 Å². The first kappa shape index (κ1) is 15.0. The Morgan fingerprint density at radius 1 is 1.00 bits per heavy atom. The molecule has 0 bridgehead atoms. The summed E-state index contributed by atoms with van der Waals surface area (Å²) in [4.78, 5) is 27.1. The van der Waals surface area contributed by atoms with E-state index in [1.165, 1.54) is 0 Å². The molecule has 0 spiro atoms. The van der Waals surface area contributed by atoms with E-state index in [4.69, 9.17) is 4.74 Å². The predicted octanol–water partition coefficient (Wildman–Crippen LogP) is 2.70. The second-order valence-corrected chi connectivity index (χ2v) is 6.77. The van der Waals surface area contributed by atoms with E-state index < -0.39 is 0 Å². The Hall–Kier alpha value is -0.900. The average molecular weight is 293 g/mol. The van der Waals surface area contributed by atoms with Crippen LogP contribution in [0.4, 0.5) is 0 Å². The molecule has 3 aliphatic rings. The highest BCUT2D eigenvalue weighted by Crippen LogP contribution is 2.32. The van der Waals surface area contributed by atoms with Gasteiger partial charge in [0.05, 0.1) is 0 Å². The number of rotatable bonds is 2. The van der Waals surface area contributed by atoms with E-state index >= 15 is 0 Å². The first-order valence-corrected chi connectivity index (χ1v) is 8.72. The van der Waals surface area contributed by atoms with E-state index in [-0.39, 0.29) is 24.0 Å². The lowest BCUT2D eigenvalue weighted by atomic mass is 9.79. The third kappa shape index (κ3) is 3.31. The first-order valence-electron chi connectivity index (χ1n) is 8.72. The van der Waals surface area contributed by atoms with Crippen molar-refractivity contribution in [3.05, 3.63) is 0 Å². The van der Waals surface area contributed by atoms with E-state index in [2.05, 4.69) is 0 Å². The fourth-order valence-corrected chi connectivity index (χ4v) is 4.19. The molecule has 0 radical (unpaired) electrons. The molecule has 1 amide bonds. The van der Waals surface area contributed by atoms with Crippen LogP contribution in [0.25, 0.3) is 0 Å². The van der Waals surface area contributed by atoms with Gasteiger partial charge in [-0.25, -0.2) is 0 Å². The largest absolute Gasteiger partial charge is 0.368 e. The van der Waals surface area contributed by atoms with Gasteiger partial charge >= 0.3 is 0 Å². The molecule has 118 valence electrons. The van der Waals surface area contributed by atoms with Crippen molar-refractivity contribution in [1.82, 2.24) is 4.90 Å². The van der Waals surface area contributed by atoms with Gasteiger partial charge in [0.25, 0.3) is 5.91 Å². The molecule has 1 saturated carbocycles. The number of amides is 1. The van der Waals surface area contributed by atoms with Gasteiger partial charge in [-0.3, -0.25) is 9.59 Å². The van der Waals surface area contributed by atoms with Crippen LogP contribution in [0.2, 0.25) is 0 Å². The van der Waals surface area contributed by atoms with E-state index in [1.807, 2.05) is 4.90 Å². The highest BCUT2D eigenvalue weighted by Gasteiger charge is 2.39. The molecule has 3 atom stereocenters. The summed E-state index contributed by atoms with van der Waals surface area (Å²) in [5, 5.41) is 0. The summed E-state index contributed by atoms with van der Waals surface area (Å²) in [5.41, 5.74) is 0. The van der Waals surface area contributed by atoms with Gasteiger partial charge < -0.3 is 9.64 Å². The maximum atomic E-state index is 12.8. The molecule has 0 N–H and O–H groups in total. The van der Waals surface area contributed by atoms with Crippen LogP contribution in [-0.4, -0.2) is 41.9 Å². The third-order valence-corrected chi connectivity index (χ3v) is 5.35. The molecule has 3 rings (SSSR count). The summed E-state index contributed by atoms with van der Waals surface area (Å²) in [5.74, 6) is 0.625. The molecule has 2 aliphatic heterocycles. The van der Waals surface area contributed by atoms with E-state index in [9.17, 15) is 9.59 Å². The zero-order valence-corrected chi connectivity index (χ0v) is 12.9. The molecule has 3 unspecified atom stereocenters. The molecule has 4 nitrogen and oxygen atoms in total. The Morgan fingerprint density at radius 2 is 1.81 bits per heavy atom. The normalized spacial score (nSPS) is 34.8. The molecule has 4 heteroatoms. The van der Waals surface area contributed by atoms with Crippen molar-refractivity contribution in [2.24, 2.45) is 5.92 Å². The Labute approximate surface area is 127 Å². The molecule has 21 heavy (non-hydrogen) atoms. The van der Waals surface area contributed by atoms with Gasteiger partial charge in [-0.15, -0.1) is 0 Å². The van der Waals surface area contributed by atoms with E-state index in [1.54, 1.807) is 0 Å². The van der Waals surface area contributed by atoms with Gasteiger partial charge in [0.15, 0.2) is 0 Å². The summed E-state index contributed by atoms with van der Waals surface area (Å²) in [6, 6.07) is 0.143. The molecular formula is C17H27NO3. The fraction of sp³-hybridized carbons (Fsp3) is 0.882. The van der Waals surface area contributed by atoms with Crippen LogP contribution >= 0.6 is 0 Å². The van der Waals surface area contributed by atoms with Crippen molar-refractivity contribution in [3.63, 3.8) is 0 Å². The minimum absolute atomic E-state index is 0.0894. The maximum Gasteiger partial charge on any atom is 0.251 e. The molecular weight excluding hydrogens is 266 g/mol. The molecule has 2 heterocycles. The van der Waals surface area contributed by atoms with Crippen molar-refractivity contribution in [1.29, 1.82) is 0 Å². The zero-order chi connectivity index (χ0) is 14.7. The van der Waals surface area contributed by atoms with Crippen LogP contribution in [0.5, 0.6) is 0 Å². The number of Topliss-reactive ketones (excluding diaryl/α,β-unsaturated/α-hetero) is 1. The average Bonchev–Trinajstić information content (AvgIpc) is 2.55. The van der Waals surface area contributed by atoms with Gasteiger partial charge in [-0.05, 0) is 51.4 Å². The van der Waals surface area contributed by atoms with Gasteiger partial charge in [0.2, 0.25) is 0 Å². The van der Waals surface area contributed by atoms with Crippen molar-refractivity contribution in [2.45, 2.75) is 76.4 Å². The van der Waals surface area contributed by atoms with Crippen molar-refractivity contribution in [3.8, 4) is 0 Å². The quantitative estimate of drug-likeness (QED) is 0.786. The lowest BCUT2D eigenvalue weighted by Gasteiger charge is -2.42. The second-order valence-electron chi connectivity index (χ2n) is 6.77. The number of carbonyl (C=O) groups excluding carboxylic acids is 2. The second kappa shape index (κ2) is 6.91. The van der Waals surface area contributed by atoms with Crippen LogP contribution < -0.4 is 0 Å². The first-order chi connectivity index (χ1) is 10.3. The fourth-order valence-electron chi connectivity index (χ4n) is 4.19. The van der Waals surface area contributed by atoms with E-state index in [0.717, 1.165) is 64.3 Å². The number of ketones is 1. The van der Waals surface area contributed by atoms with Crippen LogP contribution in [-0.2, 0) is 14.3 Å². The molecule has 0 aromatic carbocycles. The maximum absolute atomic E-state index is 12.8. The minimum atomic E-state index is -0.252. The lowest BCUT2D eigenvalue weighted by Crippen LogP contribution is -2.53. The Kier molecular flexibility index (Phi) is 4.94. The van der Waals surface area contributed by atoms with Crippen LogP contribution in [0, 0.1) is 5.92 Å². The Bertz CT molecular complexity index is 389. The van der Waals surface area contributed by atoms with Crippen molar-refractivity contribution >= 4 is 11.7 Å². The summed E-state index contributed by atoms with van der Waals surface area (Å²) in [7, 11) is 0. The number of carbonyl (C=O) groups is 2. The highest BCUT2D eigenvalue weighted by atomic mass is 16.5. The number of hydrogen-bond acceptors (Lipinski definition) is 3. The Balaban J connectivity index is 1.71. The topological polar surface area (TPSA) is 46.6 Å². The summed E-state index contributed by atoms with van der Waals surface area (Å²) in [6.45, 7) is 1.52. The zero-order valence-electron chi connectivity index (χ0n) is 12.9. The smallest absolute Gasteiger partial charge is 0.251 e. The number of hydrogen-bond donors (Lipinski definition) is 0. The molecule has 2 saturated heterocycles. The SMILES string of the molecule is O=C1CCCCC1C1CCCCN1C(=O)C1CCCCO1. The number of piperidine rings is 1. The third-order valence-electron chi connectivity index (χ3n) is 5.35. The summed E-state index contributed by atoms with van der Waals surface area (Å²) in [6.07, 6.45) is 9.79. The van der Waals surface area contributed by atoms with Crippen molar-refractivity contribution in [2.75, 3.05) is 13.2 Å². The van der Waals surface area contributed by atoms with Gasteiger partial charge in [0, 0.05) is 31.5 Å². The number of likely N-dealkylation sites (tertiary alicyclic amines) is 1. The van der Waals surface area contributed by atoms with Crippen LogP contribution in [0.1, 0.15) is 64.2 Å². The van der Waals surface area contributed by atoms with Gasteiger partial charge in [0.1, 0.15) is 11.9 Å². The molecule has 0 aromatic rings. The Morgan fingerprint density at radius 3 is 2.57 bits per heavy atom. The van der Waals surface area contributed by atoms with Crippen LogP contribution in [0.15, 0.2) is 0 Å². The van der Waals surface area contributed by atoms with Crippen LogP contribution in [0.3, 0.4) is 0 Å². The summed E-state index contributed by atoms with van der Waals surface area (Å²) >= 11 is 0. The number of nitrogens with zero attached hydrogens (tertiary/aromatic N) is 1. The lowest BCUT2D eigenvalue weighted by molar-refractivity contribution is -0.153. The number of ether oxygens (including phenoxy) is 1.